The zero-order valence-electron chi connectivity index (χ0n) is 14.4. The predicted molar refractivity (Wildman–Crippen MR) is 95.5 cm³/mol. The van der Waals surface area contributed by atoms with Crippen LogP contribution in [0.15, 0.2) is 30.7 Å². The number of aliphatic hydroxyl groups excluding tert-OH is 1. The highest BCUT2D eigenvalue weighted by Gasteiger charge is 2.41. The first-order valence-electron chi connectivity index (χ1n) is 8.59. The first-order chi connectivity index (χ1) is 13.6. The van der Waals surface area contributed by atoms with E-state index < -0.39 is 12.4 Å². The largest absolute Gasteiger partial charge is 0.482 e. The molecule has 1 saturated heterocycles. The molecule has 2 aliphatic rings. The Morgan fingerprint density at radius 2 is 2.21 bits per heavy atom. The van der Waals surface area contributed by atoms with Crippen LogP contribution in [0.2, 0.25) is 0 Å². The monoisotopic (exact) mass is 381 g/mol. The van der Waals surface area contributed by atoms with Crippen molar-refractivity contribution in [2.45, 2.75) is 18.9 Å². The van der Waals surface area contributed by atoms with Gasteiger partial charge >= 0.3 is 0 Å². The summed E-state index contributed by atoms with van der Waals surface area (Å²) in [5, 5.41) is 15.0. The van der Waals surface area contributed by atoms with Gasteiger partial charge in [0.15, 0.2) is 18.6 Å². The Morgan fingerprint density at radius 3 is 3.04 bits per heavy atom. The van der Waals surface area contributed by atoms with E-state index in [2.05, 4.69) is 25.6 Å². The lowest BCUT2D eigenvalue weighted by Crippen LogP contribution is -2.26. The van der Waals surface area contributed by atoms with Crippen molar-refractivity contribution in [2.75, 3.05) is 11.9 Å². The van der Waals surface area contributed by atoms with Crippen LogP contribution in [0.5, 0.6) is 5.75 Å². The van der Waals surface area contributed by atoms with Gasteiger partial charge in [-0.2, -0.15) is 0 Å². The number of anilines is 1. The highest BCUT2D eigenvalue weighted by Crippen LogP contribution is 2.39. The number of aromatic nitrogens is 3. The molecule has 0 spiro atoms. The molecule has 2 unspecified atom stereocenters. The van der Waals surface area contributed by atoms with Crippen molar-refractivity contribution in [3.05, 3.63) is 47.5 Å². The zero-order valence-corrected chi connectivity index (χ0v) is 14.4. The Hall–Kier alpha value is -3.50. The van der Waals surface area contributed by atoms with Gasteiger partial charge in [-0.25, -0.2) is 9.97 Å². The van der Waals surface area contributed by atoms with Gasteiger partial charge in [-0.05, 0) is 17.7 Å². The maximum Gasteiger partial charge on any atom is 0.272 e. The van der Waals surface area contributed by atoms with E-state index >= 15 is 0 Å². The number of nitrogens with zero attached hydrogens (tertiary/aromatic N) is 2. The second kappa shape index (κ2) is 6.29. The van der Waals surface area contributed by atoms with Crippen LogP contribution in [0.3, 0.4) is 0 Å². The lowest BCUT2D eigenvalue weighted by Gasteiger charge is -2.18. The summed E-state index contributed by atoms with van der Waals surface area (Å²) in [5.41, 5.74) is 3.26. The van der Waals surface area contributed by atoms with Crippen molar-refractivity contribution in [3.63, 3.8) is 0 Å². The third-order valence-corrected chi connectivity index (χ3v) is 4.61. The van der Waals surface area contributed by atoms with Gasteiger partial charge in [-0.15, -0.1) is 0 Å². The average molecular weight is 381 g/mol. The number of ether oxygens (including phenoxy) is 2. The Labute approximate surface area is 157 Å². The number of aromatic amines is 1. The quantitative estimate of drug-likeness (QED) is 0.485. The van der Waals surface area contributed by atoms with Crippen LogP contribution in [0.1, 0.15) is 27.7 Å². The molecule has 2 amide bonds. The number of epoxide rings is 1. The summed E-state index contributed by atoms with van der Waals surface area (Å²) in [7, 11) is 0. The lowest BCUT2D eigenvalue weighted by atomic mass is 10.1. The average Bonchev–Trinajstić information content (AvgIpc) is 3.26. The van der Waals surface area contributed by atoms with E-state index in [1.54, 1.807) is 18.3 Å². The van der Waals surface area contributed by atoms with Gasteiger partial charge in [0, 0.05) is 18.3 Å². The lowest BCUT2D eigenvalue weighted by molar-refractivity contribution is -0.118. The third-order valence-electron chi connectivity index (χ3n) is 4.61. The van der Waals surface area contributed by atoms with Crippen molar-refractivity contribution >= 4 is 28.5 Å². The summed E-state index contributed by atoms with van der Waals surface area (Å²) in [5.74, 6) is -0.00368. The molecule has 1 fully saturated rings. The van der Waals surface area contributed by atoms with E-state index in [1.165, 1.54) is 6.33 Å². The minimum Gasteiger partial charge on any atom is -0.482 e. The zero-order chi connectivity index (χ0) is 19.3. The van der Waals surface area contributed by atoms with Gasteiger partial charge < -0.3 is 30.2 Å². The minimum atomic E-state index is -0.847. The molecule has 4 N–H and O–H groups in total. The molecule has 3 aromatic rings. The molecule has 2 aliphatic heterocycles. The molecule has 5 rings (SSSR count). The van der Waals surface area contributed by atoms with Crippen LogP contribution in [0.25, 0.3) is 11.0 Å². The van der Waals surface area contributed by atoms with Crippen LogP contribution >= 0.6 is 0 Å². The number of hydrogen-bond donors (Lipinski definition) is 4. The number of rotatable bonds is 4. The molecule has 4 heterocycles. The minimum absolute atomic E-state index is 0.00610. The summed E-state index contributed by atoms with van der Waals surface area (Å²) >= 11 is 0. The molecule has 0 aliphatic carbocycles. The van der Waals surface area contributed by atoms with Crippen molar-refractivity contribution in [1.82, 2.24) is 20.3 Å². The van der Waals surface area contributed by atoms with Crippen molar-refractivity contribution in [3.8, 4) is 5.75 Å². The normalized spacial score (nSPS) is 20.2. The second-order valence-electron chi connectivity index (χ2n) is 6.49. The molecule has 142 valence electrons. The summed E-state index contributed by atoms with van der Waals surface area (Å²) in [4.78, 5) is 35.3. The van der Waals surface area contributed by atoms with Crippen LogP contribution in [0, 0.1) is 0 Å². The van der Waals surface area contributed by atoms with Gasteiger partial charge in [0.05, 0.1) is 16.7 Å². The Bertz CT molecular complexity index is 1110. The molecule has 10 heteroatoms. The molecule has 0 bridgehead atoms. The Kier molecular flexibility index (Phi) is 3.74. The van der Waals surface area contributed by atoms with E-state index in [1.807, 2.05) is 6.07 Å². The Morgan fingerprint density at radius 1 is 1.36 bits per heavy atom. The number of hydrogen-bond acceptors (Lipinski definition) is 7. The Balaban J connectivity index is 1.34. The fourth-order valence-electron chi connectivity index (χ4n) is 3.19. The van der Waals surface area contributed by atoms with Crippen LogP contribution in [-0.4, -0.2) is 44.8 Å². The van der Waals surface area contributed by atoms with E-state index in [0.717, 1.165) is 5.56 Å². The molecule has 0 radical (unpaired) electrons. The van der Waals surface area contributed by atoms with Gasteiger partial charge in [-0.3, -0.25) is 9.59 Å². The molecular weight excluding hydrogens is 366 g/mol. The number of benzene rings is 1. The number of fused-ring (bicyclic) bond motifs is 2. The van der Waals surface area contributed by atoms with Crippen LogP contribution in [-0.2, 0) is 16.1 Å². The molecule has 1 aromatic carbocycles. The molecule has 2 aromatic heterocycles. The summed E-state index contributed by atoms with van der Waals surface area (Å²) in [6, 6.07) is 5.31. The molecule has 2 atom stereocenters. The van der Waals surface area contributed by atoms with E-state index in [9.17, 15) is 14.7 Å². The first-order valence-corrected chi connectivity index (χ1v) is 8.59. The van der Waals surface area contributed by atoms with Gasteiger partial charge in [0.2, 0.25) is 0 Å². The number of H-pyrrole nitrogens is 1. The fraction of sp³-hybridized carbons (Fsp3) is 0.222. The molecule has 10 nitrogen and oxygen atoms in total. The number of nitrogens with one attached hydrogen (secondary N) is 3. The number of aliphatic hydroxyl groups is 1. The van der Waals surface area contributed by atoms with E-state index in [-0.39, 0.29) is 30.7 Å². The second-order valence-corrected chi connectivity index (χ2v) is 6.49. The van der Waals surface area contributed by atoms with E-state index in [4.69, 9.17) is 9.47 Å². The summed E-state index contributed by atoms with van der Waals surface area (Å²) in [6.45, 7) is 0.235. The van der Waals surface area contributed by atoms with Crippen LogP contribution in [0.4, 0.5) is 5.69 Å². The number of amides is 2. The van der Waals surface area contributed by atoms with Gasteiger partial charge in [0.1, 0.15) is 18.2 Å². The molecule has 28 heavy (non-hydrogen) atoms. The number of carbonyl (C=O) groups is 2. The van der Waals surface area contributed by atoms with Gasteiger partial charge in [0.25, 0.3) is 11.8 Å². The van der Waals surface area contributed by atoms with Crippen molar-refractivity contribution in [2.24, 2.45) is 0 Å². The number of carbonyl (C=O) groups excluding carboxylic acids is 2. The maximum atomic E-state index is 12.6. The van der Waals surface area contributed by atoms with Gasteiger partial charge in [-0.1, -0.05) is 6.07 Å². The molecule has 0 saturated carbocycles. The predicted octanol–water partition coefficient (Wildman–Crippen LogP) is 0.608. The highest BCUT2D eigenvalue weighted by molar-refractivity contribution is 6.03. The molecular formula is C18H15N5O5. The fourth-order valence-corrected chi connectivity index (χ4v) is 3.19. The van der Waals surface area contributed by atoms with Crippen LogP contribution < -0.4 is 15.4 Å². The SMILES string of the molecule is O=C1COc2ccc(CNC(=O)c3ncnc4c(C5OC5O)c[nH]c34)cc2N1. The topological polar surface area (TPSA) is 142 Å². The highest BCUT2D eigenvalue weighted by atomic mass is 16.7. The van der Waals surface area contributed by atoms with Crippen molar-refractivity contribution < 1.29 is 24.2 Å². The maximum absolute atomic E-state index is 12.6. The standard InChI is InChI=1S/C18H15N5O5/c24-12-6-27-11-2-1-8(3-10(11)23-12)4-20-17(25)15-14-13(21-7-22-15)9(5-19-14)16-18(26)28-16/h1-3,5,7,16,18-19,26H,4,6H2,(H,20,25)(H,23,24). The smallest absolute Gasteiger partial charge is 0.272 e. The third kappa shape index (κ3) is 2.84. The van der Waals surface area contributed by atoms with Crippen molar-refractivity contribution in [1.29, 1.82) is 0 Å². The summed E-state index contributed by atoms with van der Waals surface area (Å²) < 4.78 is 10.4. The first kappa shape index (κ1) is 16.7. The van der Waals surface area contributed by atoms with E-state index in [0.29, 0.717) is 28.0 Å². The summed E-state index contributed by atoms with van der Waals surface area (Å²) in [6.07, 6.45) is 1.67.